The van der Waals surface area contributed by atoms with Crippen molar-refractivity contribution in [2.24, 2.45) is 0 Å². The summed E-state index contributed by atoms with van der Waals surface area (Å²) in [5.74, 6) is -3.25. The fraction of sp³-hybridized carbons (Fsp3) is 1.00. The molecule has 0 N–H and O–H groups in total. The Morgan fingerprint density at radius 3 is 1.64 bits per heavy atom. The Morgan fingerprint density at radius 2 is 1.43 bits per heavy atom. The third-order valence-corrected chi connectivity index (χ3v) is 8.93. The molecule has 0 fully saturated rings. The first-order chi connectivity index (χ1) is 5.91. The van der Waals surface area contributed by atoms with Crippen LogP contribution in [0.15, 0.2) is 0 Å². The standard InChI is InChI=1S/C8H19O2PS2.Na/c1-5-7(3)12-11(9,10)13-8(4)6-2;/h7-8H,5-6H2,1-4H3,(H,9,10);/q;+1/p-1. The topological polar surface area (TPSA) is 40.1 Å². The van der Waals surface area contributed by atoms with Crippen molar-refractivity contribution in [3.8, 4) is 0 Å². The summed E-state index contributed by atoms with van der Waals surface area (Å²) < 4.78 is 11.5. The van der Waals surface area contributed by atoms with Crippen molar-refractivity contribution >= 4 is 28.5 Å². The summed E-state index contributed by atoms with van der Waals surface area (Å²) >= 11 is 2.22. The van der Waals surface area contributed by atoms with Crippen LogP contribution >= 0.6 is 28.5 Å². The molecule has 0 amide bonds. The van der Waals surface area contributed by atoms with Crippen LogP contribution in [-0.4, -0.2) is 10.5 Å². The summed E-state index contributed by atoms with van der Waals surface area (Å²) in [5.41, 5.74) is 0. The molecule has 0 aliphatic rings. The third kappa shape index (κ3) is 9.14. The SMILES string of the molecule is CCC(C)SP(=O)([O-])SC(C)CC.[Na+]. The Kier molecular flexibility index (Phi) is 11.7. The summed E-state index contributed by atoms with van der Waals surface area (Å²) in [6, 6.07) is 0. The Balaban J connectivity index is 0. The molecule has 14 heavy (non-hydrogen) atoms. The fourth-order valence-corrected chi connectivity index (χ4v) is 8.62. The fourth-order valence-electron chi connectivity index (χ4n) is 0.615. The molecule has 2 atom stereocenters. The Morgan fingerprint density at radius 1 is 1.14 bits per heavy atom. The molecule has 0 aliphatic carbocycles. The second-order valence-corrected chi connectivity index (χ2v) is 10.9. The van der Waals surface area contributed by atoms with Crippen LogP contribution in [-0.2, 0) is 4.57 Å². The Bertz CT molecular complexity index is 176. The molecule has 2 unspecified atom stereocenters. The van der Waals surface area contributed by atoms with Gasteiger partial charge in [0, 0.05) is 10.5 Å². The zero-order valence-corrected chi connectivity index (χ0v) is 14.2. The maximum atomic E-state index is 11.5. The molecule has 0 aromatic heterocycles. The summed E-state index contributed by atoms with van der Waals surface area (Å²) in [6.07, 6.45) is 1.80. The van der Waals surface area contributed by atoms with Gasteiger partial charge >= 0.3 is 29.6 Å². The van der Waals surface area contributed by atoms with E-state index in [9.17, 15) is 9.46 Å². The van der Waals surface area contributed by atoms with Gasteiger partial charge in [-0.15, -0.1) is 0 Å². The van der Waals surface area contributed by atoms with Gasteiger partial charge in [0.05, 0.1) is 0 Å². The summed E-state index contributed by atoms with van der Waals surface area (Å²) in [5, 5.41) is 0.416. The first kappa shape index (κ1) is 18.3. The average molecular weight is 264 g/mol. The van der Waals surface area contributed by atoms with Gasteiger partial charge in [0.15, 0.2) is 0 Å². The molecular weight excluding hydrogens is 246 g/mol. The van der Waals surface area contributed by atoms with E-state index in [-0.39, 0.29) is 40.1 Å². The van der Waals surface area contributed by atoms with Gasteiger partial charge < -0.3 is 9.46 Å². The van der Waals surface area contributed by atoms with E-state index >= 15 is 0 Å². The van der Waals surface area contributed by atoms with Crippen molar-refractivity contribution < 1.29 is 39.0 Å². The molecule has 0 bridgehead atoms. The monoisotopic (exact) mass is 264 g/mol. The predicted octanol–water partition coefficient (Wildman–Crippen LogP) is 0.522. The molecule has 0 aromatic rings. The minimum absolute atomic E-state index is 0. The van der Waals surface area contributed by atoms with Crippen molar-refractivity contribution in [3.63, 3.8) is 0 Å². The molecule has 0 saturated heterocycles. The second-order valence-electron chi connectivity index (χ2n) is 3.10. The van der Waals surface area contributed by atoms with Crippen molar-refractivity contribution in [2.75, 3.05) is 0 Å². The molecule has 0 aromatic carbocycles. The summed E-state index contributed by atoms with van der Waals surface area (Å²) in [4.78, 5) is 11.5. The van der Waals surface area contributed by atoms with E-state index in [2.05, 4.69) is 0 Å². The Labute approximate surface area is 118 Å². The van der Waals surface area contributed by atoms with Crippen molar-refractivity contribution in [2.45, 2.75) is 51.0 Å². The van der Waals surface area contributed by atoms with Crippen LogP contribution in [0.25, 0.3) is 0 Å². The van der Waals surface area contributed by atoms with Gasteiger partial charge in [0.1, 0.15) is 5.77 Å². The summed E-state index contributed by atoms with van der Waals surface area (Å²) in [7, 11) is 0. The minimum Gasteiger partial charge on any atom is -0.784 e. The molecule has 0 heterocycles. The van der Waals surface area contributed by atoms with E-state index in [1.54, 1.807) is 0 Å². The van der Waals surface area contributed by atoms with E-state index < -0.39 is 5.77 Å². The quantitative estimate of drug-likeness (QED) is 0.518. The predicted molar refractivity (Wildman–Crippen MR) is 62.3 cm³/mol. The van der Waals surface area contributed by atoms with Crippen molar-refractivity contribution in [3.05, 3.63) is 0 Å². The Hall–Kier alpha value is 1.89. The molecule has 0 radical (unpaired) electrons. The molecular formula is C8H18NaO2PS2. The first-order valence-corrected chi connectivity index (χ1v) is 9.18. The average Bonchev–Trinajstić information content (AvgIpc) is 2.02. The zero-order chi connectivity index (χ0) is 10.5. The molecule has 0 saturated carbocycles. The minimum atomic E-state index is -3.25. The molecule has 0 spiro atoms. The van der Waals surface area contributed by atoms with Crippen LogP contribution in [0.4, 0.5) is 0 Å². The third-order valence-electron chi connectivity index (χ3n) is 1.77. The van der Waals surface area contributed by atoms with Crippen LogP contribution in [0.1, 0.15) is 40.5 Å². The molecule has 80 valence electrons. The van der Waals surface area contributed by atoms with Gasteiger partial charge in [-0.25, -0.2) is 0 Å². The molecule has 2 nitrogen and oxygen atoms in total. The molecule has 0 aliphatic heterocycles. The van der Waals surface area contributed by atoms with Gasteiger partial charge in [-0.2, -0.15) is 0 Å². The van der Waals surface area contributed by atoms with Crippen molar-refractivity contribution in [1.82, 2.24) is 0 Å². The van der Waals surface area contributed by atoms with E-state index in [1.807, 2.05) is 27.7 Å². The summed E-state index contributed by atoms with van der Waals surface area (Å²) in [6.45, 7) is 7.91. The maximum absolute atomic E-state index is 11.5. The normalized spacial score (nSPS) is 19.2. The number of hydrogen-bond acceptors (Lipinski definition) is 4. The van der Waals surface area contributed by atoms with E-state index in [1.165, 1.54) is 0 Å². The molecule has 6 heteroatoms. The number of rotatable bonds is 6. The maximum Gasteiger partial charge on any atom is 1.00 e. The first-order valence-electron chi connectivity index (χ1n) is 4.59. The number of hydrogen-bond donors (Lipinski definition) is 0. The largest absolute Gasteiger partial charge is 1.00 e. The van der Waals surface area contributed by atoms with E-state index in [0.29, 0.717) is 0 Å². The van der Waals surface area contributed by atoms with Crippen LogP contribution in [0, 0.1) is 0 Å². The van der Waals surface area contributed by atoms with Gasteiger partial charge in [0.2, 0.25) is 0 Å². The van der Waals surface area contributed by atoms with Gasteiger partial charge in [-0.3, -0.25) is 0 Å². The smallest absolute Gasteiger partial charge is 0.784 e. The zero-order valence-electron chi connectivity index (χ0n) is 9.65. The van der Waals surface area contributed by atoms with Crippen LogP contribution in [0.5, 0.6) is 0 Å². The van der Waals surface area contributed by atoms with Crippen LogP contribution in [0.2, 0.25) is 0 Å². The van der Waals surface area contributed by atoms with Gasteiger partial charge in [0.25, 0.3) is 0 Å². The van der Waals surface area contributed by atoms with Gasteiger partial charge in [-0.05, 0) is 12.8 Å². The molecule has 0 rings (SSSR count). The van der Waals surface area contributed by atoms with Crippen molar-refractivity contribution in [1.29, 1.82) is 0 Å². The van der Waals surface area contributed by atoms with Crippen LogP contribution in [0.3, 0.4) is 0 Å². The van der Waals surface area contributed by atoms with E-state index in [4.69, 9.17) is 0 Å². The van der Waals surface area contributed by atoms with Crippen LogP contribution < -0.4 is 34.5 Å². The van der Waals surface area contributed by atoms with Gasteiger partial charge in [-0.1, -0.05) is 50.5 Å². The second kappa shape index (κ2) is 8.98. The van der Waals surface area contributed by atoms with E-state index in [0.717, 1.165) is 35.6 Å².